The van der Waals surface area contributed by atoms with Crippen LogP contribution >= 0.6 is 0 Å². The molecule has 0 spiro atoms. The summed E-state index contributed by atoms with van der Waals surface area (Å²) in [7, 11) is 1.68. The number of carboxylic acids is 1. The van der Waals surface area contributed by atoms with Crippen molar-refractivity contribution in [1.29, 1.82) is 0 Å². The molecule has 0 heterocycles. The molecular formula is C23H29NO3. The van der Waals surface area contributed by atoms with Gasteiger partial charge in [-0.1, -0.05) is 31.6 Å². The number of amides is 1. The fourth-order valence-electron chi connectivity index (χ4n) is 3.52. The van der Waals surface area contributed by atoms with Gasteiger partial charge in [0.15, 0.2) is 0 Å². The fraction of sp³-hybridized carbons (Fsp3) is 0.391. The molecule has 0 aromatic heterocycles. The maximum absolute atomic E-state index is 12.5. The van der Waals surface area contributed by atoms with Crippen LogP contribution in [0.2, 0.25) is 0 Å². The van der Waals surface area contributed by atoms with Crippen molar-refractivity contribution >= 4 is 17.6 Å². The number of nitrogens with zero attached hydrogens (tertiary/aromatic N) is 1. The summed E-state index contributed by atoms with van der Waals surface area (Å²) in [5, 5.41) is 8.96. The number of aromatic carboxylic acids is 1. The number of carbonyl (C=O) groups excluding carboxylic acids is 1. The molecule has 0 saturated carbocycles. The van der Waals surface area contributed by atoms with Crippen molar-refractivity contribution in [2.24, 2.45) is 5.41 Å². The number of hydrogen-bond acceptors (Lipinski definition) is 2. The largest absolute Gasteiger partial charge is 0.478 e. The molecule has 0 bridgehead atoms. The molecule has 0 radical (unpaired) electrons. The first-order valence-electron chi connectivity index (χ1n) is 9.29. The summed E-state index contributed by atoms with van der Waals surface area (Å²) in [6, 6.07) is 6.27. The molecule has 0 atom stereocenters. The molecule has 1 aliphatic carbocycles. The van der Waals surface area contributed by atoms with Gasteiger partial charge in [0.05, 0.1) is 5.56 Å². The van der Waals surface area contributed by atoms with Crippen LogP contribution in [0.3, 0.4) is 0 Å². The van der Waals surface area contributed by atoms with Gasteiger partial charge in [-0.05, 0) is 73.9 Å². The predicted molar refractivity (Wildman–Crippen MR) is 110 cm³/mol. The van der Waals surface area contributed by atoms with Crippen molar-refractivity contribution < 1.29 is 14.7 Å². The highest BCUT2D eigenvalue weighted by Gasteiger charge is 2.26. The zero-order valence-corrected chi connectivity index (χ0v) is 16.9. The predicted octanol–water partition coefficient (Wildman–Crippen LogP) is 5.38. The summed E-state index contributed by atoms with van der Waals surface area (Å²) in [4.78, 5) is 24.9. The second-order valence-electron chi connectivity index (χ2n) is 7.90. The van der Waals surface area contributed by atoms with Gasteiger partial charge in [-0.2, -0.15) is 0 Å². The summed E-state index contributed by atoms with van der Waals surface area (Å²) in [6.07, 6.45) is 9.31. The normalized spacial score (nSPS) is 17.3. The number of anilines is 1. The molecule has 2 rings (SSSR count). The highest BCUT2D eigenvalue weighted by atomic mass is 16.4. The number of hydrogen-bond donors (Lipinski definition) is 1. The minimum absolute atomic E-state index is 0.145. The van der Waals surface area contributed by atoms with Gasteiger partial charge in [0.2, 0.25) is 0 Å². The van der Waals surface area contributed by atoms with E-state index in [0.717, 1.165) is 12.0 Å². The van der Waals surface area contributed by atoms with Crippen molar-refractivity contribution in [3.05, 3.63) is 64.8 Å². The number of benzene rings is 1. The lowest BCUT2D eigenvalue weighted by molar-refractivity contribution is -0.113. The van der Waals surface area contributed by atoms with Gasteiger partial charge >= 0.3 is 5.97 Å². The van der Waals surface area contributed by atoms with Crippen LogP contribution in [0.15, 0.2) is 59.2 Å². The van der Waals surface area contributed by atoms with Crippen LogP contribution in [0.5, 0.6) is 0 Å². The number of rotatable bonds is 5. The van der Waals surface area contributed by atoms with E-state index in [4.69, 9.17) is 5.11 Å². The lowest BCUT2D eigenvalue weighted by Crippen LogP contribution is -2.24. The van der Waals surface area contributed by atoms with Crippen LogP contribution in [0, 0.1) is 5.41 Å². The van der Waals surface area contributed by atoms with Crippen LogP contribution in [-0.2, 0) is 4.79 Å². The Hall–Kier alpha value is -2.62. The average Bonchev–Trinajstić information content (AvgIpc) is 2.60. The number of carbonyl (C=O) groups is 2. The third-order valence-corrected chi connectivity index (χ3v) is 5.24. The zero-order valence-electron chi connectivity index (χ0n) is 16.9. The van der Waals surface area contributed by atoms with Crippen molar-refractivity contribution in [2.45, 2.75) is 47.0 Å². The lowest BCUT2D eigenvalue weighted by Gasteiger charge is -2.32. The number of likely N-dealkylation sites (N-methyl/N-ethyl adjacent to an activating group) is 1. The first kappa shape index (κ1) is 20.7. The second-order valence-corrected chi connectivity index (χ2v) is 7.90. The zero-order chi connectivity index (χ0) is 20.2. The van der Waals surface area contributed by atoms with E-state index in [-0.39, 0.29) is 16.9 Å². The van der Waals surface area contributed by atoms with Gasteiger partial charge < -0.3 is 10.0 Å². The Morgan fingerprint density at radius 2 is 1.81 bits per heavy atom. The van der Waals surface area contributed by atoms with Gasteiger partial charge in [-0.15, -0.1) is 0 Å². The third kappa shape index (κ3) is 5.19. The Morgan fingerprint density at radius 3 is 2.37 bits per heavy atom. The van der Waals surface area contributed by atoms with Gasteiger partial charge in [-0.3, -0.25) is 4.79 Å². The van der Waals surface area contributed by atoms with Crippen LogP contribution in [-0.4, -0.2) is 24.0 Å². The summed E-state index contributed by atoms with van der Waals surface area (Å²) in [5.41, 5.74) is 4.71. The Balaban J connectivity index is 2.12. The van der Waals surface area contributed by atoms with E-state index in [2.05, 4.69) is 26.8 Å². The van der Waals surface area contributed by atoms with E-state index in [1.807, 2.05) is 13.0 Å². The van der Waals surface area contributed by atoms with Crippen LogP contribution in [0.4, 0.5) is 5.69 Å². The van der Waals surface area contributed by atoms with Gasteiger partial charge in [0.25, 0.3) is 5.91 Å². The Bertz CT molecular complexity index is 811. The summed E-state index contributed by atoms with van der Waals surface area (Å²) < 4.78 is 0. The minimum Gasteiger partial charge on any atom is -0.478 e. The maximum atomic E-state index is 12.5. The number of carboxylic acid groups (broad SMARTS) is 1. The molecule has 1 N–H and O–H groups in total. The highest BCUT2D eigenvalue weighted by Crippen LogP contribution is 2.40. The molecule has 1 aliphatic rings. The Morgan fingerprint density at radius 1 is 1.19 bits per heavy atom. The minimum atomic E-state index is -0.980. The molecule has 27 heavy (non-hydrogen) atoms. The summed E-state index contributed by atoms with van der Waals surface area (Å²) in [5.74, 6) is -1.12. The van der Waals surface area contributed by atoms with E-state index in [1.54, 1.807) is 25.3 Å². The molecule has 0 aliphatic heterocycles. The van der Waals surface area contributed by atoms with Crippen LogP contribution < -0.4 is 4.90 Å². The molecule has 0 unspecified atom stereocenters. The third-order valence-electron chi connectivity index (χ3n) is 5.24. The summed E-state index contributed by atoms with van der Waals surface area (Å²) in [6.45, 7) is 8.66. The van der Waals surface area contributed by atoms with Crippen LogP contribution in [0.25, 0.3) is 0 Å². The lowest BCUT2D eigenvalue weighted by atomic mass is 9.72. The van der Waals surface area contributed by atoms with E-state index in [1.165, 1.54) is 41.0 Å². The average molecular weight is 367 g/mol. The van der Waals surface area contributed by atoms with Crippen molar-refractivity contribution in [3.8, 4) is 0 Å². The van der Waals surface area contributed by atoms with Crippen molar-refractivity contribution in [1.82, 2.24) is 0 Å². The topological polar surface area (TPSA) is 57.6 Å². The van der Waals surface area contributed by atoms with Crippen LogP contribution in [0.1, 0.15) is 57.3 Å². The first-order valence-corrected chi connectivity index (χ1v) is 9.29. The molecule has 0 fully saturated rings. The van der Waals surface area contributed by atoms with E-state index in [9.17, 15) is 9.59 Å². The second kappa shape index (κ2) is 8.38. The van der Waals surface area contributed by atoms with Crippen molar-refractivity contribution in [2.75, 3.05) is 11.9 Å². The van der Waals surface area contributed by atoms with E-state index >= 15 is 0 Å². The van der Waals surface area contributed by atoms with Crippen molar-refractivity contribution in [3.63, 3.8) is 0 Å². The molecule has 1 aromatic carbocycles. The Kier molecular flexibility index (Phi) is 6.42. The molecule has 144 valence electrons. The van der Waals surface area contributed by atoms with E-state index < -0.39 is 5.97 Å². The monoisotopic (exact) mass is 367 g/mol. The van der Waals surface area contributed by atoms with Gasteiger partial charge in [-0.25, -0.2) is 4.79 Å². The first-order chi connectivity index (χ1) is 12.6. The molecular weight excluding hydrogens is 338 g/mol. The number of allylic oxidation sites excluding steroid dienone is 5. The standard InChI is InChI=1S/C23H29NO3/c1-16(8-13-20-17(2)7-6-14-23(20,3)4)15-21(25)24(5)19-11-9-18(10-12-19)22(26)27/h8-13,15H,6-7,14H2,1-5H3,(H,26,27)/b13-8+,16-15+. The molecule has 1 amide bonds. The smallest absolute Gasteiger partial charge is 0.335 e. The van der Waals surface area contributed by atoms with Gasteiger partial charge in [0, 0.05) is 18.8 Å². The fourth-order valence-corrected chi connectivity index (χ4v) is 3.52. The highest BCUT2D eigenvalue weighted by molar-refractivity contribution is 6.02. The molecule has 4 heteroatoms. The Labute approximate surface area is 161 Å². The van der Waals surface area contributed by atoms with Gasteiger partial charge in [0.1, 0.15) is 0 Å². The maximum Gasteiger partial charge on any atom is 0.335 e. The van der Waals surface area contributed by atoms with E-state index in [0.29, 0.717) is 5.69 Å². The molecule has 1 aromatic rings. The quantitative estimate of drug-likeness (QED) is 0.562. The summed E-state index contributed by atoms with van der Waals surface area (Å²) >= 11 is 0. The SMILES string of the molecule is CC1=C(/C=C/C(C)=C/C(=O)N(C)c2ccc(C(=O)O)cc2)C(C)(C)CCC1. The molecule has 4 nitrogen and oxygen atoms in total. The molecule has 0 saturated heterocycles.